The molecule has 2 N–H and O–H groups in total. The van der Waals surface area contributed by atoms with Gasteiger partial charge in [0.25, 0.3) is 5.91 Å². The summed E-state index contributed by atoms with van der Waals surface area (Å²) in [4.78, 5) is 42.8. The molecule has 8 nitrogen and oxygen atoms in total. The summed E-state index contributed by atoms with van der Waals surface area (Å²) in [5.74, 6) is -2.91. The number of aromatic amines is 1. The van der Waals surface area contributed by atoms with Crippen LogP contribution in [0, 0.1) is 17.2 Å². The van der Waals surface area contributed by atoms with Gasteiger partial charge in [-0.1, -0.05) is 19.9 Å². The van der Waals surface area contributed by atoms with Gasteiger partial charge in [0, 0.05) is 44.4 Å². The summed E-state index contributed by atoms with van der Waals surface area (Å²) in [5, 5.41) is 10.5. The molecule has 0 bridgehead atoms. The summed E-state index contributed by atoms with van der Waals surface area (Å²) in [6.45, 7) is 4.64. The Morgan fingerprint density at radius 2 is 1.83 bits per heavy atom. The van der Waals surface area contributed by atoms with Gasteiger partial charge in [0.2, 0.25) is 11.8 Å². The van der Waals surface area contributed by atoms with Gasteiger partial charge in [0.1, 0.15) is 11.9 Å². The summed E-state index contributed by atoms with van der Waals surface area (Å²) in [5.41, 5.74) is -0.283. The van der Waals surface area contributed by atoms with E-state index in [1.54, 1.807) is 36.9 Å². The summed E-state index contributed by atoms with van der Waals surface area (Å²) in [6.07, 6.45) is -1.52. The smallest absolute Gasteiger partial charge is 0.345 e. The number of likely N-dealkylation sites (N-methyl/N-ethyl adjacent to an activating group) is 1. The Morgan fingerprint density at radius 1 is 1.12 bits per heavy atom. The van der Waals surface area contributed by atoms with Gasteiger partial charge in [-0.2, -0.15) is 18.3 Å². The van der Waals surface area contributed by atoms with Crippen LogP contribution in [-0.2, 0) is 15.8 Å². The standard InChI is InChI=1S/C30H33F4N5O3/c1-17(2)26(36-27(41)21-13-20(30(32,33)34)5-6-23(21)31)28(42)39-10-8-29(9-11-39)14-25(40)38(3)16-22(29)18-4-7-24-19(12-18)15-35-37-24/h4-7,12-13,15,17,22,26H,8-11,14,16H2,1-3H3,(H,35,37)(H,36,41)/t22?,26-/m1/s1. The van der Waals surface area contributed by atoms with Crippen LogP contribution in [0.2, 0.25) is 0 Å². The topological polar surface area (TPSA) is 98.4 Å². The number of amides is 3. The Balaban J connectivity index is 1.33. The molecule has 2 aliphatic heterocycles. The highest BCUT2D eigenvalue weighted by Gasteiger charge is 2.49. The molecule has 1 aromatic heterocycles. The quantitative estimate of drug-likeness (QED) is 0.422. The van der Waals surface area contributed by atoms with E-state index in [2.05, 4.69) is 21.6 Å². The Bertz CT molecular complexity index is 1510. The number of halogens is 4. The Morgan fingerprint density at radius 3 is 2.50 bits per heavy atom. The lowest BCUT2D eigenvalue weighted by atomic mass is 9.62. The monoisotopic (exact) mass is 587 g/mol. The number of piperidine rings is 2. The van der Waals surface area contributed by atoms with Gasteiger partial charge in [-0.3, -0.25) is 19.5 Å². The number of nitrogens with one attached hydrogen (secondary N) is 2. The molecule has 0 aliphatic carbocycles. The number of fused-ring (bicyclic) bond motifs is 1. The summed E-state index contributed by atoms with van der Waals surface area (Å²) >= 11 is 0. The molecule has 2 fully saturated rings. The number of carbonyl (C=O) groups is 3. The normalized spacial score (nSPS) is 19.9. The van der Waals surface area contributed by atoms with Crippen LogP contribution in [-0.4, -0.2) is 70.4 Å². The molecule has 3 heterocycles. The number of aromatic nitrogens is 2. The van der Waals surface area contributed by atoms with E-state index < -0.39 is 46.9 Å². The molecule has 5 rings (SSSR count). The lowest BCUT2D eigenvalue weighted by Gasteiger charge is -2.51. The summed E-state index contributed by atoms with van der Waals surface area (Å²) in [6, 6.07) is 6.65. The maximum atomic E-state index is 14.4. The van der Waals surface area contributed by atoms with Crippen molar-refractivity contribution in [3.05, 3.63) is 65.1 Å². The molecule has 2 aliphatic rings. The third-order valence-corrected chi connectivity index (χ3v) is 8.82. The highest BCUT2D eigenvalue weighted by molar-refractivity contribution is 5.98. The molecule has 3 amide bonds. The fourth-order valence-corrected chi connectivity index (χ4v) is 6.27. The molecule has 2 saturated heterocycles. The van der Waals surface area contributed by atoms with Gasteiger partial charge in [0.05, 0.1) is 22.8 Å². The Kier molecular flexibility index (Phi) is 7.76. The van der Waals surface area contributed by atoms with E-state index in [-0.39, 0.29) is 17.2 Å². The second-order valence-corrected chi connectivity index (χ2v) is 11.8. The average molecular weight is 588 g/mol. The number of H-pyrrole nitrogens is 1. The number of hydrogen-bond donors (Lipinski definition) is 2. The molecular formula is C30H33F4N5O3. The molecule has 1 spiro atoms. The zero-order chi connectivity index (χ0) is 30.4. The third-order valence-electron chi connectivity index (χ3n) is 8.82. The predicted molar refractivity (Wildman–Crippen MR) is 147 cm³/mol. The van der Waals surface area contributed by atoms with E-state index in [1.165, 1.54) is 0 Å². The second kappa shape index (κ2) is 11.0. The lowest BCUT2D eigenvalue weighted by molar-refractivity contribution is -0.143. The summed E-state index contributed by atoms with van der Waals surface area (Å²) in [7, 11) is 1.79. The molecule has 0 radical (unpaired) electrons. The Hall–Kier alpha value is -3.96. The number of hydrogen-bond acceptors (Lipinski definition) is 4. The minimum atomic E-state index is -4.75. The van der Waals surface area contributed by atoms with Crippen molar-refractivity contribution >= 4 is 28.6 Å². The minimum Gasteiger partial charge on any atom is -0.345 e. The second-order valence-electron chi connectivity index (χ2n) is 11.8. The van der Waals surface area contributed by atoms with Crippen molar-refractivity contribution < 1.29 is 31.9 Å². The molecule has 0 saturated carbocycles. The number of rotatable bonds is 5. The highest BCUT2D eigenvalue weighted by atomic mass is 19.4. The van der Waals surface area contributed by atoms with Gasteiger partial charge in [0.15, 0.2) is 0 Å². The van der Waals surface area contributed by atoms with Crippen molar-refractivity contribution in [2.45, 2.75) is 51.2 Å². The molecule has 2 aromatic carbocycles. The highest BCUT2D eigenvalue weighted by Crippen LogP contribution is 2.50. The minimum absolute atomic E-state index is 0.0428. The number of nitrogens with zero attached hydrogens (tertiary/aromatic N) is 3. The fourth-order valence-electron chi connectivity index (χ4n) is 6.27. The van der Waals surface area contributed by atoms with Crippen LogP contribution in [0.3, 0.4) is 0 Å². The van der Waals surface area contributed by atoms with Gasteiger partial charge in [-0.25, -0.2) is 4.39 Å². The first-order chi connectivity index (χ1) is 19.8. The van der Waals surface area contributed by atoms with Gasteiger partial charge < -0.3 is 15.1 Å². The number of carbonyl (C=O) groups excluding carboxylic acids is 3. The van der Waals surface area contributed by atoms with E-state index >= 15 is 0 Å². The van der Waals surface area contributed by atoms with E-state index in [9.17, 15) is 31.9 Å². The maximum Gasteiger partial charge on any atom is 0.416 e. The van der Waals surface area contributed by atoms with E-state index in [0.29, 0.717) is 57.1 Å². The van der Waals surface area contributed by atoms with Crippen LogP contribution in [0.15, 0.2) is 42.6 Å². The van der Waals surface area contributed by atoms with Crippen LogP contribution in [0.5, 0.6) is 0 Å². The first-order valence-corrected chi connectivity index (χ1v) is 13.9. The summed E-state index contributed by atoms with van der Waals surface area (Å²) < 4.78 is 53.9. The van der Waals surface area contributed by atoms with Crippen LogP contribution >= 0.6 is 0 Å². The zero-order valence-corrected chi connectivity index (χ0v) is 23.6. The molecular weight excluding hydrogens is 554 g/mol. The SMILES string of the molecule is CC(C)[C@@H](NC(=O)c1cc(C(F)(F)F)ccc1F)C(=O)N1CCC2(CC1)CC(=O)N(C)CC2c1ccc2[nH]ncc2c1. The fraction of sp³-hybridized carbons (Fsp3) is 0.467. The Labute approximate surface area is 240 Å². The molecule has 2 atom stereocenters. The van der Waals surface area contributed by atoms with Crippen molar-refractivity contribution in [2.75, 3.05) is 26.7 Å². The molecule has 42 heavy (non-hydrogen) atoms. The van der Waals surface area contributed by atoms with Crippen LogP contribution in [0.1, 0.15) is 60.5 Å². The zero-order valence-electron chi connectivity index (χ0n) is 23.6. The van der Waals surface area contributed by atoms with E-state index in [0.717, 1.165) is 16.5 Å². The largest absolute Gasteiger partial charge is 0.416 e. The van der Waals surface area contributed by atoms with E-state index in [1.807, 2.05) is 12.1 Å². The number of alkyl halides is 3. The van der Waals surface area contributed by atoms with Crippen LogP contribution in [0.25, 0.3) is 10.9 Å². The first kappa shape index (κ1) is 29.5. The van der Waals surface area contributed by atoms with Crippen molar-refractivity contribution in [2.24, 2.45) is 11.3 Å². The van der Waals surface area contributed by atoms with Crippen molar-refractivity contribution in [3.8, 4) is 0 Å². The van der Waals surface area contributed by atoms with Crippen LogP contribution in [0.4, 0.5) is 17.6 Å². The molecule has 1 unspecified atom stereocenters. The molecule has 224 valence electrons. The van der Waals surface area contributed by atoms with Gasteiger partial charge in [-0.15, -0.1) is 0 Å². The van der Waals surface area contributed by atoms with Crippen molar-refractivity contribution in [3.63, 3.8) is 0 Å². The average Bonchev–Trinajstić information content (AvgIpc) is 3.41. The third kappa shape index (κ3) is 5.58. The number of benzene rings is 2. The van der Waals surface area contributed by atoms with E-state index in [4.69, 9.17) is 0 Å². The predicted octanol–water partition coefficient (Wildman–Crippen LogP) is 4.73. The molecule has 3 aromatic rings. The number of likely N-dealkylation sites (tertiary alicyclic amines) is 2. The lowest BCUT2D eigenvalue weighted by Crippen LogP contribution is -2.57. The van der Waals surface area contributed by atoms with Crippen LogP contribution < -0.4 is 5.32 Å². The maximum absolute atomic E-state index is 14.4. The van der Waals surface area contributed by atoms with Gasteiger partial charge >= 0.3 is 6.18 Å². The van der Waals surface area contributed by atoms with Crippen molar-refractivity contribution in [1.82, 2.24) is 25.3 Å². The van der Waals surface area contributed by atoms with Crippen molar-refractivity contribution in [1.29, 1.82) is 0 Å². The van der Waals surface area contributed by atoms with Gasteiger partial charge in [-0.05, 0) is 60.1 Å². The first-order valence-electron chi connectivity index (χ1n) is 13.9. The molecule has 12 heteroatoms.